The Balaban J connectivity index is 3.44. The molecule has 4 heteroatoms. The lowest BCUT2D eigenvalue weighted by atomic mass is 9.91. The van der Waals surface area contributed by atoms with E-state index in [0.29, 0.717) is 5.56 Å². The third kappa shape index (κ3) is 1.90. The van der Waals surface area contributed by atoms with Gasteiger partial charge in [0.25, 0.3) is 0 Å². The molecule has 0 atom stereocenters. The molecular weight excluding hydrogens is 185 g/mol. The van der Waals surface area contributed by atoms with Crippen LogP contribution in [-0.4, -0.2) is 11.1 Å². The monoisotopic (exact) mass is 197 g/mol. The average molecular weight is 197 g/mol. The van der Waals surface area contributed by atoms with Crippen LogP contribution in [0.5, 0.6) is 0 Å². The third-order valence-corrected chi connectivity index (χ3v) is 1.92. The average Bonchev–Trinajstić information content (AvgIpc) is 2.01. The van der Waals surface area contributed by atoms with Gasteiger partial charge in [0.05, 0.1) is 0 Å². The predicted molar refractivity (Wildman–Crippen MR) is 50.6 cm³/mol. The summed E-state index contributed by atoms with van der Waals surface area (Å²) in [4.78, 5) is 10.8. The molecule has 1 aromatic carbocycles. The highest BCUT2D eigenvalue weighted by atomic mass is 19.1. The summed E-state index contributed by atoms with van der Waals surface area (Å²) in [6, 6.07) is 4.08. The van der Waals surface area contributed by atoms with Crippen LogP contribution in [-0.2, 0) is 5.54 Å². The summed E-state index contributed by atoms with van der Waals surface area (Å²) in [5.74, 6) is -2.05. The number of carboxylic acid groups (broad SMARTS) is 1. The Hall–Kier alpha value is -1.42. The molecule has 0 heterocycles. The van der Waals surface area contributed by atoms with Crippen LogP contribution in [0.1, 0.15) is 29.8 Å². The van der Waals surface area contributed by atoms with Crippen molar-refractivity contribution in [1.82, 2.24) is 0 Å². The Bertz CT molecular complexity index is 369. The van der Waals surface area contributed by atoms with E-state index in [1.165, 1.54) is 12.1 Å². The number of aromatic carboxylic acids is 1. The Kier molecular flexibility index (Phi) is 2.57. The molecule has 0 fully saturated rings. The highest BCUT2D eigenvalue weighted by Crippen LogP contribution is 2.23. The van der Waals surface area contributed by atoms with Gasteiger partial charge in [-0.3, -0.25) is 0 Å². The zero-order valence-corrected chi connectivity index (χ0v) is 8.04. The van der Waals surface area contributed by atoms with Gasteiger partial charge in [0.2, 0.25) is 0 Å². The van der Waals surface area contributed by atoms with Crippen molar-refractivity contribution in [2.75, 3.05) is 0 Å². The first-order chi connectivity index (χ1) is 6.34. The number of carboxylic acids is 1. The first kappa shape index (κ1) is 10.7. The smallest absolute Gasteiger partial charge is 0.339 e. The molecule has 3 N–H and O–H groups in total. The lowest BCUT2D eigenvalue weighted by Crippen LogP contribution is -2.31. The van der Waals surface area contributed by atoms with Crippen LogP contribution in [0.4, 0.5) is 4.39 Å². The molecule has 0 saturated carbocycles. The van der Waals surface area contributed by atoms with Gasteiger partial charge in [-0.15, -0.1) is 0 Å². The Labute approximate surface area is 81.4 Å². The molecular formula is C10H12FNO2. The van der Waals surface area contributed by atoms with Gasteiger partial charge in [-0.25, -0.2) is 9.18 Å². The van der Waals surface area contributed by atoms with Crippen LogP contribution >= 0.6 is 0 Å². The molecule has 0 amide bonds. The summed E-state index contributed by atoms with van der Waals surface area (Å²) in [5, 5.41) is 8.81. The minimum Gasteiger partial charge on any atom is -0.478 e. The van der Waals surface area contributed by atoms with Crippen LogP contribution in [0.3, 0.4) is 0 Å². The number of nitrogens with two attached hydrogens (primary N) is 1. The fraction of sp³-hybridized carbons (Fsp3) is 0.300. The van der Waals surface area contributed by atoms with E-state index in [4.69, 9.17) is 10.8 Å². The molecule has 1 aromatic rings. The second-order valence-corrected chi connectivity index (χ2v) is 3.69. The van der Waals surface area contributed by atoms with Gasteiger partial charge < -0.3 is 10.8 Å². The molecule has 0 aliphatic carbocycles. The van der Waals surface area contributed by atoms with E-state index in [1.807, 2.05) is 0 Å². The maximum Gasteiger partial charge on any atom is 0.339 e. The second-order valence-electron chi connectivity index (χ2n) is 3.69. The Morgan fingerprint density at radius 1 is 1.50 bits per heavy atom. The molecule has 1 rings (SSSR count). The standard InChI is InChI=1S/C10H12FNO2/c1-10(2,12)6-4-3-5-7(11)8(6)9(13)14/h3-5H,12H2,1-2H3,(H,13,14). The van der Waals surface area contributed by atoms with E-state index in [9.17, 15) is 9.18 Å². The van der Waals surface area contributed by atoms with E-state index in [0.717, 1.165) is 6.07 Å². The van der Waals surface area contributed by atoms with Crippen molar-refractivity contribution in [3.63, 3.8) is 0 Å². The Morgan fingerprint density at radius 3 is 2.43 bits per heavy atom. The molecule has 0 aliphatic rings. The van der Waals surface area contributed by atoms with E-state index < -0.39 is 17.3 Å². The Morgan fingerprint density at radius 2 is 2.07 bits per heavy atom. The highest BCUT2D eigenvalue weighted by molar-refractivity contribution is 5.90. The van der Waals surface area contributed by atoms with Crippen molar-refractivity contribution < 1.29 is 14.3 Å². The number of hydrogen-bond acceptors (Lipinski definition) is 2. The fourth-order valence-corrected chi connectivity index (χ4v) is 1.28. The molecule has 0 saturated heterocycles. The SMILES string of the molecule is CC(C)(N)c1cccc(F)c1C(=O)O. The van der Waals surface area contributed by atoms with Crippen LogP contribution in [0.2, 0.25) is 0 Å². The van der Waals surface area contributed by atoms with E-state index in [2.05, 4.69) is 0 Å². The van der Waals surface area contributed by atoms with Crippen molar-refractivity contribution in [3.05, 3.63) is 35.1 Å². The summed E-state index contributed by atoms with van der Waals surface area (Å²) >= 11 is 0. The predicted octanol–water partition coefficient (Wildman–Crippen LogP) is 1.72. The normalized spacial score (nSPS) is 11.4. The number of rotatable bonds is 2. The molecule has 0 radical (unpaired) electrons. The van der Waals surface area contributed by atoms with Crippen LogP contribution in [0, 0.1) is 5.82 Å². The van der Waals surface area contributed by atoms with Gasteiger partial charge in [0.1, 0.15) is 11.4 Å². The summed E-state index contributed by atoms with van der Waals surface area (Å²) in [5.41, 5.74) is 4.82. The maximum atomic E-state index is 13.2. The van der Waals surface area contributed by atoms with Crippen LogP contribution in [0.25, 0.3) is 0 Å². The summed E-state index contributed by atoms with van der Waals surface area (Å²) in [6.07, 6.45) is 0. The van der Waals surface area contributed by atoms with Gasteiger partial charge in [0.15, 0.2) is 0 Å². The summed E-state index contributed by atoms with van der Waals surface area (Å²) in [7, 11) is 0. The molecule has 14 heavy (non-hydrogen) atoms. The van der Waals surface area contributed by atoms with Crippen molar-refractivity contribution in [2.24, 2.45) is 5.73 Å². The van der Waals surface area contributed by atoms with Crippen molar-refractivity contribution >= 4 is 5.97 Å². The zero-order valence-electron chi connectivity index (χ0n) is 8.04. The van der Waals surface area contributed by atoms with E-state index >= 15 is 0 Å². The van der Waals surface area contributed by atoms with Gasteiger partial charge >= 0.3 is 5.97 Å². The lowest BCUT2D eigenvalue weighted by Gasteiger charge is -2.21. The molecule has 0 unspecified atom stereocenters. The van der Waals surface area contributed by atoms with Crippen molar-refractivity contribution in [3.8, 4) is 0 Å². The molecule has 3 nitrogen and oxygen atoms in total. The lowest BCUT2D eigenvalue weighted by molar-refractivity contribution is 0.0688. The molecule has 76 valence electrons. The van der Waals surface area contributed by atoms with Gasteiger partial charge in [-0.05, 0) is 25.5 Å². The van der Waals surface area contributed by atoms with Gasteiger partial charge in [-0.1, -0.05) is 12.1 Å². The van der Waals surface area contributed by atoms with Gasteiger partial charge in [-0.2, -0.15) is 0 Å². The third-order valence-electron chi connectivity index (χ3n) is 1.92. The number of hydrogen-bond donors (Lipinski definition) is 2. The topological polar surface area (TPSA) is 63.3 Å². The van der Waals surface area contributed by atoms with Crippen molar-refractivity contribution in [1.29, 1.82) is 0 Å². The number of carbonyl (C=O) groups is 1. The minimum atomic E-state index is -1.29. The fourth-order valence-electron chi connectivity index (χ4n) is 1.28. The largest absolute Gasteiger partial charge is 0.478 e. The molecule has 0 bridgehead atoms. The molecule has 0 spiro atoms. The second kappa shape index (κ2) is 3.38. The first-order valence-electron chi connectivity index (χ1n) is 4.15. The highest BCUT2D eigenvalue weighted by Gasteiger charge is 2.24. The quantitative estimate of drug-likeness (QED) is 0.758. The first-order valence-corrected chi connectivity index (χ1v) is 4.15. The minimum absolute atomic E-state index is 0.296. The zero-order chi connectivity index (χ0) is 10.9. The van der Waals surface area contributed by atoms with Gasteiger partial charge in [0, 0.05) is 5.54 Å². The molecule has 0 aliphatic heterocycles. The molecule has 0 aromatic heterocycles. The maximum absolute atomic E-state index is 13.2. The van der Waals surface area contributed by atoms with E-state index in [1.54, 1.807) is 13.8 Å². The summed E-state index contributed by atoms with van der Waals surface area (Å²) in [6.45, 7) is 3.27. The number of benzene rings is 1. The van der Waals surface area contributed by atoms with Crippen molar-refractivity contribution in [2.45, 2.75) is 19.4 Å². The van der Waals surface area contributed by atoms with Crippen LogP contribution < -0.4 is 5.73 Å². The van der Waals surface area contributed by atoms with E-state index in [-0.39, 0.29) is 5.56 Å². The van der Waals surface area contributed by atoms with Crippen LogP contribution in [0.15, 0.2) is 18.2 Å². The summed E-state index contributed by atoms with van der Waals surface area (Å²) < 4.78 is 13.2. The number of halogens is 1.